The Morgan fingerprint density at radius 2 is 1.79 bits per heavy atom. The zero-order chi connectivity index (χ0) is 15.3. The first-order valence-corrected chi connectivity index (χ1v) is 9.73. The lowest BCUT2D eigenvalue weighted by Crippen LogP contribution is -2.50. The topological polar surface area (TPSA) is 69.9 Å². The van der Waals surface area contributed by atoms with Gasteiger partial charge in [-0.2, -0.15) is 0 Å². The Morgan fingerprint density at radius 3 is 2.16 bits per heavy atom. The van der Waals surface area contributed by atoms with Crippen LogP contribution in [0.3, 0.4) is 0 Å². The Bertz CT molecular complexity index is 273. The lowest BCUT2D eigenvalue weighted by atomic mass is 10.0. The van der Waals surface area contributed by atoms with Gasteiger partial charge in [-0.05, 0) is 31.0 Å². The van der Waals surface area contributed by atoms with Crippen LogP contribution in [0.2, 0.25) is 18.1 Å². The van der Waals surface area contributed by atoms with Gasteiger partial charge in [-0.15, -0.1) is 6.58 Å². The molecule has 114 valence electrons. The molecule has 3 N–H and O–H groups in total. The van der Waals surface area contributed by atoms with Gasteiger partial charge in [0.05, 0.1) is 12.7 Å². The molecule has 0 aromatic rings. The van der Waals surface area contributed by atoms with E-state index < -0.39 is 33.2 Å². The van der Waals surface area contributed by atoms with E-state index in [-0.39, 0.29) is 5.04 Å². The van der Waals surface area contributed by atoms with Gasteiger partial charge in [-0.1, -0.05) is 26.8 Å². The van der Waals surface area contributed by atoms with Crippen molar-refractivity contribution in [2.24, 2.45) is 0 Å². The van der Waals surface area contributed by atoms with Gasteiger partial charge >= 0.3 is 0 Å². The number of hydrogen-bond donors (Lipinski definition) is 3. The van der Waals surface area contributed by atoms with Gasteiger partial charge < -0.3 is 19.7 Å². The largest absolute Gasteiger partial charge is 0.411 e. The van der Waals surface area contributed by atoms with Crippen LogP contribution in [-0.4, -0.2) is 48.6 Å². The summed E-state index contributed by atoms with van der Waals surface area (Å²) in [7, 11) is -2.03. The number of aliphatic hydroxyl groups is 3. The zero-order valence-electron chi connectivity index (χ0n) is 12.9. The molecular formula is C14H30O4Si. The van der Waals surface area contributed by atoms with Crippen molar-refractivity contribution in [3.8, 4) is 0 Å². The molecule has 3 atom stereocenters. The van der Waals surface area contributed by atoms with Gasteiger partial charge in [-0.3, -0.25) is 0 Å². The normalized spacial score (nSPS) is 17.9. The molecule has 0 saturated heterocycles. The second-order valence-corrected chi connectivity index (χ2v) is 11.3. The first-order valence-electron chi connectivity index (χ1n) is 6.82. The third kappa shape index (κ3) is 5.75. The third-order valence-electron chi connectivity index (χ3n) is 3.87. The van der Waals surface area contributed by atoms with Crippen LogP contribution in [0.25, 0.3) is 0 Å². The summed E-state index contributed by atoms with van der Waals surface area (Å²) in [6.07, 6.45) is 0.350. The summed E-state index contributed by atoms with van der Waals surface area (Å²) >= 11 is 0. The van der Waals surface area contributed by atoms with Gasteiger partial charge in [0.25, 0.3) is 0 Å². The van der Waals surface area contributed by atoms with Crippen LogP contribution in [0.15, 0.2) is 12.7 Å². The van der Waals surface area contributed by atoms with Crippen LogP contribution >= 0.6 is 0 Å². The maximum Gasteiger partial charge on any atom is 0.192 e. The number of aliphatic hydroxyl groups excluding tert-OH is 3. The molecule has 19 heavy (non-hydrogen) atoms. The highest BCUT2D eigenvalue weighted by atomic mass is 28.4. The van der Waals surface area contributed by atoms with E-state index in [4.69, 9.17) is 9.53 Å². The number of rotatable bonds is 8. The fraction of sp³-hybridized carbons (Fsp3) is 0.857. The average Bonchev–Trinajstić information content (AvgIpc) is 2.30. The maximum absolute atomic E-state index is 10.1. The van der Waals surface area contributed by atoms with Crippen molar-refractivity contribution in [1.82, 2.24) is 0 Å². The maximum atomic E-state index is 10.1. The Hall–Kier alpha value is -0.203. The SMILES string of the molecule is C=CCC[C@H](O[Si](C)(C)C(C)(C)C)[C@@H](O)[C@H](O)CO. The highest BCUT2D eigenvalue weighted by Gasteiger charge is 2.41. The Balaban J connectivity index is 4.90. The number of hydrogen-bond acceptors (Lipinski definition) is 4. The fourth-order valence-corrected chi connectivity index (χ4v) is 2.86. The van der Waals surface area contributed by atoms with E-state index in [2.05, 4.69) is 40.4 Å². The minimum atomic E-state index is -2.03. The first-order chi connectivity index (χ1) is 8.56. The highest BCUT2D eigenvalue weighted by Crippen LogP contribution is 2.38. The van der Waals surface area contributed by atoms with E-state index in [1.54, 1.807) is 6.08 Å². The second kappa shape index (κ2) is 7.55. The first kappa shape index (κ1) is 18.8. The predicted octanol–water partition coefficient (Wildman–Crippen LogP) is 2.06. The monoisotopic (exact) mass is 290 g/mol. The Labute approximate surface area is 118 Å². The Kier molecular flexibility index (Phi) is 7.46. The molecule has 0 aliphatic carbocycles. The average molecular weight is 290 g/mol. The van der Waals surface area contributed by atoms with Crippen molar-refractivity contribution < 1.29 is 19.7 Å². The lowest BCUT2D eigenvalue weighted by molar-refractivity contribution is -0.0731. The standard InChI is InChI=1S/C14H30O4Si/c1-7-8-9-12(13(17)11(16)10-15)18-19(5,6)14(2,3)4/h7,11-13,15-17H,1,8-10H2,2-6H3/t11-,12+,13+/m1/s1. The van der Waals surface area contributed by atoms with Crippen LogP contribution in [-0.2, 0) is 4.43 Å². The Morgan fingerprint density at radius 1 is 1.26 bits per heavy atom. The molecule has 0 saturated carbocycles. The zero-order valence-corrected chi connectivity index (χ0v) is 13.9. The quantitative estimate of drug-likeness (QED) is 0.473. The molecule has 0 fully saturated rings. The molecule has 0 spiro atoms. The molecule has 0 bridgehead atoms. The molecule has 0 aliphatic heterocycles. The summed E-state index contributed by atoms with van der Waals surface area (Å²) in [6, 6.07) is 0. The van der Waals surface area contributed by atoms with E-state index in [0.29, 0.717) is 12.8 Å². The molecule has 4 nitrogen and oxygen atoms in total. The van der Waals surface area contributed by atoms with E-state index in [1.807, 2.05) is 0 Å². The molecule has 0 amide bonds. The molecular weight excluding hydrogens is 260 g/mol. The lowest BCUT2D eigenvalue weighted by Gasteiger charge is -2.41. The summed E-state index contributed by atoms with van der Waals surface area (Å²) in [5, 5.41) is 28.7. The van der Waals surface area contributed by atoms with Crippen LogP contribution in [0, 0.1) is 0 Å². The van der Waals surface area contributed by atoms with Gasteiger partial charge in [0.2, 0.25) is 0 Å². The summed E-state index contributed by atoms with van der Waals surface area (Å²) in [5.41, 5.74) is 0. The predicted molar refractivity (Wildman–Crippen MR) is 80.6 cm³/mol. The molecule has 0 aliphatic rings. The summed E-state index contributed by atoms with van der Waals surface area (Å²) in [6.45, 7) is 13.8. The molecule has 0 heterocycles. The van der Waals surface area contributed by atoms with Crippen molar-refractivity contribution in [2.75, 3.05) is 6.61 Å². The highest BCUT2D eigenvalue weighted by molar-refractivity contribution is 6.74. The van der Waals surface area contributed by atoms with E-state index in [9.17, 15) is 10.2 Å². The second-order valence-electron chi connectivity index (χ2n) is 6.52. The van der Waals surface area contributed by atoms with Gasteiger partial charge in [0, 0.05) is 0 Å². The van der Waals surface area contributed by atoms with E-state index >= 15 is 0 Å². The van der Waals surface area contributed by atoms with Crippen LogP contribution < -0.4 is 0 Å². The third-order valence-corrected chi connectivity index (χ3v) is 8.37. The number of allylic oxidation sites excluding steroid dienone is 1. The van der Waals surface area contributed by atoms with Crippen molar-refractivity contribution in [1.29, 1.82) is 0 Å². The molecule has 0 aromatic carbocycles. The van der Waals surface area contributed by atoms with Crippen molar-refractivity contribution in [2.45, 2.75) is 70.1 Å². The van der Waals surface area contributed by atoms with Gasteiger partial charge in [0.1, 0.15) is 12.2 Å². The van der Waals surface area contributed by atoms with Crippen molar-refractivity contribution >= 4 is 8.32 Å². The fourth-order valence-electron chi connectivity index (χ4n) is 1.49. The summed E-state index contributed by atoms with van der Waals surface area (Å²) < 4.78 is 6.16. The van der Waals surface area contributed by atoms with Crippen LogP contribution in [0.1, 0.15) is 33.6 Å². The molecule has 5 heteroatoms. The van der Waals surface area contributed by atoms with E-state index in [1.165, 1.54) is 0 Å². The molecule has 0 radical (unpaired) electrons. The van der Waals surface area contributed by atoms with Crippen LogP contribution in [0.4, 0.5) is 0 Å². The summed E-state index contributed by atoms with van der Waals surface area (Å²) in [5.74, 6) is 0. The minimum absolute atomic E-state index is 0.0311. The van der Waals surface area contributed by atoms with Gasteiger partial charge in [-0.25, -0.2) is 0 Å². The smallest absolute Gasteiger partial charge is 0.192 e. The van der Waals surface area contributed by atoms with Crippen molar-refractivity contribution in [3.63, 3.8) is 0 Å². The van der Waals surface area contributed by atoms with Crippen molar-refractivity contribution in [3.05, 3.63) is 12.7 Å². The van der Waals surface area contributed by atoms with Crippen LogP contribution in [0.5, 0.6) is 0 Å². The van der Waals surface area contributed by atoms with Gasteiger partial charge in [0.15, 0.2) is 8.32 Å². The molecule has 0 aromatic heterocycles. The molecule has 0 rings (SSSR count). The van der Waals surface area contributed by atoms with E-state index in [0.717, 1.165) is 0 Å². The minimum Gasteiger partial charge on any atom is -0.411 e. The summed E-state index contributed by atoms with van der Waals surface area (Å²) in [4.78, 5) is 0. The molecule has 0 unspecified atom stereocenters.